The lowest BCUT2D eigenvalue weighted by molar-refractivity contribution is -0.170. The van der Waals surface area contributed by atoms with Gasteiger partial charge in [0.25, 0.3) is 0 Å². The van der Waals surface area contributed by atoms with E-state index < -0.39 is 36.4 Å². The Morgan fingerprint density at radius 1 is 1.07 bits per heavy atom. The molecule has 0 radical (unpaired) electrons. The standard InChI is InChI=1S/C15H14N2.C6H8O7/c1-2-15-16-10-14(17-15)13-9-5-7-11-6-3-4-8-12(11)13;7-3(8)1-6(13,5(11)12)2-4(9)10/h2-9,14H,1,10H2,(H,16,17);13H,1-2H2,(H,7,8)(H,9,10)(H,11,12). The molecule has 1 aliphatic heterocycles. The molecule has 158 valence electrons. The third kappa shape index (κ3) is 5.65. The average Bonchev–Trinajstić information content (AvgIpc) is 3.16. The largest absolute Gasteiger partial charge is 0.481 e. The number of hydrogen-bond acceptors (Lipinski definition) is 6. The van der Waals surface area contributed by atoms with Gasteiger partial charge in [0, 0.05) is 0 Å². The third-order valence-electron chi connectivity index (χ3n) is 4.44. The van der Waals surface area contributed by atoms with Gasteiger partial charge in [-0.15, -0.1) is 0 Å². The highest BCUT2D eigenvalue weighted by Crippen LogP contribution is 2.26. The van der Waals surface area contributed by atoms with Crippen LogP contribution in [0.3, 0.4) is 0 Å². The molecule has 5 N–H and O–H groups in total. The van der Waals surface area contributed by atoms with Gasteiger partial charge in [-0.3, -0.25) is 14.6 Å². The number of amidine groups is 1. The maximum Gasteiger partial charge on any atom is 0.336 e. The summed E-state index contributed by atoms with van der Waals surface area (Å²) in [6.45, 7) is 4.53. The molecular weight excluding hydrogens is 392 g/mol. The molecule has 0 bridgehead atoms. The van der Waals surface area contributed by atoms with Crippen molar-refractivity contribution in [2.75, 3.05) is 6.54 Å². The van der Waals surface area contributed by atoms with Crippen LogP contribution in [0.1, 0.15) is 24.4 Å². The van der Waals surface area contributed by atoms with Gasteiger partial charge in [-0.25, -0.2) is 4.79 Å². The smallest absolute Gasteiger partial charge is 0.336 e. The Morgan fingerprint density at radius 2 is 1.67 bits per heavy atom. The minimum Gasteiger partial charge on any atom is -0.481 e. The van der Waals surface area contributed by atoms with Gasteiger partial charge in [-0.2, -0.15) is 0 Å². The highest BCUT2D eigenvalue weighted by atomic mass is 16.4. The minimum atomic E-state index is -2.74. The number of carboxylic acid groups (broad SMARTS) is 3. The summed E-state index contributed by atoms with van der Waals surface area (Å²) in [5, 5.41) is 39.8. The van der Waals surface area contributed by atoms with Crippen LogP contribution in [0.15, 0.2) is 60.1 Å². The van der Waals surface area contributed by atoms with E-state index in [-0.39, 0.29) is 6.04 Å². The molecular formula is C21H22N2O7. The molecule has 2 aromatic carbocycles. The first-order valence-corrected chi connectivity index (χ1v) is 8.96. The van der Waals surface area contributed by atoms with Gasteiger partial charge in [-0.1, -0.05) is 49.0 Å². The molecule has 1 heterocycles. The second-order valence-corrected chi connectivity index (χ2v) is 6.67. The Morgan fingerprint density at radius 3 is 2.20 bits per heavy atom. The SMILES string of the molecule is C=CC1=NCC(c2cccc3ccccc23)N1.O=C(O)CC(O)(CC(=O)O)C(=O)O. The second-order valence-electron chi connectivity index (χ2n) is 6.67. The Hall–Kier alpha value is -3.72. The van der Waals surface area contributed by atoms with Gasteiger partial charge in [0.1, 0.15) is 5.84 Å². The molecule has 1 aliphatic rings. The van der Waals surface area contributed by atoms with Gasteiger partial charge in [0.15, 0.2) is 5.60 Å². The first kappa shape index (κ1) is 22.6. The quantitative estimate of drug-likeness (QED) is 0.459. The van der Waals surface area contributed by atoms with E-state index in [1.807, 2.05) is 0 Å². The van der Waals surface area contributed by atoms with Crippen LogP contribution in [0, 0.1) is 0 Å². The summed E-state index contributed by atoms with van der Waals surface area (Å²) in [7, 11) is 0. The van der Waals surface area contributed by atoms with Crippen LogP contribution in [-0.2, 0) is 14.4 Å². The molecule has 0 aliphatic carbocycles. The van der Waals surface area contributed by atoms with Crippen molar-refractivity contribution in [3.63, 3.8) is 0 Å². The van der Waals surface area contributed by atoms with Crippen LogP contribution in [0.25, 0.3) is 10.8 Å². The zero-order valence-corrected chi connectivity index (χ0v) is 16.0. The number of hydrogen-bond donors (Lipinski definition) is 5. The van der Waals surface area contributed by atoms with Crippen LogP contribution in [0.2, 0.25) is 0 Å². The Kier molecular flexibility index (Phi) is 7.27. The summed E-state index contributed by atoms with van der Waals surface area (Å²) in [5.41, 5.74) is -1.43. The number of carboxylic acids is 3. The summed E-state index contributed by atoms with van der Waals surface area (Å²) >= 11 is 0. The number of nitrogens with one attached hydrogen (secondary N) is 1. The van der Waals surface area contributed by atoms with E-state index in [0.717, 1.165) is 12.4 Å². The maximum atomic E-state index is 10.3. The molecule has 3 rings (SSSR count). The summed E-state index contributed by atoms with van der Waals surface area (Å²) in [5.74, 6) is -4.13. The fourth-order valence-electron chi connectivity index (χ4n) is 3.03. The number of aliphatic carboxylic acids is 3. The number of nitrogens with zero attached hydrogens (tertiary/aromatic N) is 1. The highest BCUT2D eigenvalue weighted by molar-refractivity contribution is 5.95. The predicted octanol–water partition coefficient (Wildman–Crippen LogP) is 1.82. The van der Waals surface area contributed by atoms with Gasteiger partial charge in [-0.05, 0) is 22.4 Å². The summed E-state index contributed by atoms with van der Waals surface area (Å²) in [6, 6.07) is 15.1. The molecule has 1 atom stereocenters. The molecule has 0 saturated heterocycles. The van der Waals surface area contributed by atoms with Crippen LogP contribution in [0.4, 0.5) is 0 Å². The fraction of sp³-hybridized carbons (Fsp3) is 0.238. The highest BCUT2D eigenvalue weighted by Gasteiger charge is 2.40. The van der Waals surface area contributed by atoms with Crippen molar-refractivity contribution < 1.29 is 34.8 Å². The zero-order chi connectivity index (χ0) is 22.3. The van der Waals surface area contributed by atoms with Crippen molar-refractivity contribution >= 4 is 34.5 Å². The lowest BCUT2D eigenvalue weighted by atomic mass is 9.96. The predicted molar refractivity (Wildman–Crippen MR) is 109 cm³/mol. The Balaban J connectivity index is 0.000000224. The molecule has 0 amide bonds. The van der Waals surface area contributed by atoms with Crippen LogP contribution < -0.4 is 5.32 Å². The second kappa shape index (κ2) is 9.66. The first-order valence-electron chi connectivity index (χ1n) is 8.96. The Labute approximate surface area is 172 Å². The lowest BCUT2D eigenvalue weighted by Gasteiger charge is -2.18. The normalized spacial score (nSPS) is 15.4. The van der Waals surface area contributed by atoms with E-state index >= 15 is 0 Å². The molecule has 1 unspecified atom stereocenters. The third-order valence-corrected chi connectivity index (χ3v) is 4.44. The summed E-state index contributed by atoms with van der Waals surface area (Å²) in [6.07, 6.45) is -0.519. The number of fused-ring (bicyclic) bond motifs is 1. The maximum absolute atomic E-state index is 10.3. The van der Waals surface area contributed by atoms with Crippen molar-refractivity contribution in [3.8, 4) is 0 Å². The van der Waals surface area contributed by atoms with Crippen molar-refractivity contribution in [1.29, 1.82) is 0 Å². The fourth-order valence-corrected chi connectivity index (χ4v) is 3.03. The number of benzene rings is 2. The van der Waals surface area contributed by atoms with Gasteiger partial charge in [0.2, 0.25) is 0 Å². The van der Waals surface area contributed by atoms with Crippen LogP contribution >= 0.6 is 0 Å². The van der Waals surface area contributed by atoms with E-state index in [1.165, 1.54) is 16.3 Å². The molecule has 0 spiro atoms. The zero-order valence-electron chi connectivity index (χ0n) is 16.0. The number of rotatable bonds is 7. The summed E-state index contributed by atoms with van der Waals surface area (Å²) in [4.78, 5) is 34.9. The molecule has 9 nitrogen and oxygen atoms in total. The van der Waals surface area contributed by atoms with E-state index in [1.54, 1.807) is 6.08 Å². The monoisotopic (exact) mass is 414 g/mol. The molecule has 0 fully saturated rings. The van der Waals surface area contributed by atoms with Crippen molar-refractivity contribution in [1.82, 2.24) is 5.32 Å². The molecule has 30 heavy (non-hydrogen) atoms. The summed E-state index contributed by atoms with van der Waals surface area (Å²) < 4.78 is 0. The molecule has 0 saturated carbocycles. The van der Waals surface area contributed by atoms with E-state index in [4.69, 9.17) is 20.4 Å². The Bertz CT molecular complexity index is 979. The molecule has 9 heteroatoms. The van der Waals surface area contributed by atoms with Crippen molar-refractivity contribution in [3.05, 3.63) is 60.7 Å². The van der Waals surface area contributed by atoms with Gasteiger partial charge >= 0.3 is 17.9 Å². The van der Waals surface area contributed by atoms with E-state index in [2.05, 4.69) is 59.4 Å². The van der Waals surface area contributed by atoms with Crippen LogP contribution in [-0.4, -0.2) is 56.3 Å². The van der Waals surface area contributed by atoms with Crippen molar-refractivity contribution in [2.45, 2.75) is 24.5 Å². The first-order chi connectivity index (χ1) is 14.2. The minimum absolute atomic E-state index is 0.272. The topological polar surface area (TPSA) is 157 Å². The number of aliphatic hydroxyl groups is 1. The lowest BCUT2D eigenvalue weighted by Crippen LogP contribution is -2.42. The van der Waals surface area contributed by atoms with Gasteiger partial charge in [0.05, 0.1) is 25.4 Å². The van der Waals surface area contributed by atoms with E-state index in [9.17, 15) is 14.4 Å². The van der Waals surface area contributed by atoms with E-state index in [0.29, 0.717) is 0 Å². The van der Waals surface area contributed by atoms with Crippen molar-refractivity contribution in [2.24, 2.45) is 4.99 Å². The van der Waals surface area contributed by atoms with Gasteiger partial charge < -0.3 is 25.7 Å². The number of aliphatic imine (C=N–C) groups is 1. The molecule has 2 aromatic rings. The average molecular weight is 414 g/mol. The number of carbonyl (C=O) groups is 3. The molecule has 0 aromatic heterocycles. The van der Waals surface area contributed by atoms with Crippen LogP contribution in [0.5, 0.6) is 0 Å².